The molecule has 10 heteroatoms. The molecule has 1 aromatic heterocycles. The summed E-state index contributed by atoms with van der Waals surface area (Å²) in [6.45, 7) is 5.28. The average Bonchev–Trinajstić information content (AvgIpc) is 3.31. The van der Waals surface area contributed by atoms with E-state index in [0.717, 1.165) is 33.6 Å². The van der Waals surface area contributed by atoms with Gasteiger partial charge in [-0.3, -0.25) is 0 Å². The number of nitrogens with zero attached hydrogens (tertiary/aromatic N) is 1. The standard InChI is InChI=1S/C29H27F3N2O3S2/c1-29(2,3)37-28(36)33-21(14-35)16-38-15-18-6-10-20(11-7-18)19-8-4-17(5-9-19)12-24-34-26-25(32)22(30)13-23(31)27(26)39-24/h4-11,13-14,21H,12,15-16H2,1-3H3,(H,33,36). The van der Waals surface area contributed by atoms with Gasteiger partial charge in [-0.05, 0) is 43.0 Å². The summed E-state index contributed by atoms with van der Waals surface area (Å²) in [4.78, 5) is 27.3. The Balaban J connectivity index is 1.32. The van der Waals surface area contributed by atoms with Crippen molar-refractivity contribution in [1.82, 2.24) is 10.3 Å². The number of hydrogen-bond donors (Lipinski definition) is 1. The number of thioether (sulfide) groups is 1. The zero-order valence-corrected chi connectivity index (χ0v) is 23.2. The van der Waals surface area contributed by atoms with Crippen molar-refractivity contribution in [2.75, 3.05) is 5.75 Å². The van der Waals surface area contributed by atoms with E-state index < -0.39 is 35.2 Å². The summed E-state index contributed by atoms with van der Waals surface area (Å²) in [6, 6.07) is 15.7. The second-order valence-corrected chi connectivity index (χ2v) is 12.0. The molecule has 4 rings (SSSR count). The van der Waals surface area contributed by atoms with Crippen LogP contribution in [-0.2, 0) is 21.7 Å². The molecule has 0 bridgehead atoms. The van der Waals surface area contributed by atoms with E-state index in [-0.39, 0.29) is 10.2 Å². The Morgan fingerprint density at radius 3 is 2.23 bits per heavy atom. The maximum atomic E-state index is 14.0. The molecule has 1 heterocycles. The molecule has 1 N–H and O–H groups in total. The number of aromatic nitrogens is 1. The van der Waals surface area contributed by atoms with Gasteiger partial charge >= 0.3 is 6.09 Å². The normalized spacial score (nSPS) is 12.4. The fourth-order valence-corrected chi connectivity index (χ4v) is 5.73. The van der Waals surface area contributed by atoms with Gasteiger partial charge in [0.15, 0.2) is 11.6 Å². The minimum atomic E-state index is -1.24. The average molecular weight is 573 g/mol. The van der Waals surface area contributed by atoms with Gasteiger partial charge in [-0.15, -0.1) is 11.3 Å². The molecule has 0 aliphatic carbocycles. The predicted octanol–water partition coefficient (Wildman–Crippen LogP) is 7.30. The lowest BCUT2D eigenvalue weighted by Gasteiger charge is -2.21. The monoisotopic (exact) mass is 572 g/mol. The molecule has 1 unspecified atom stereocenters. The number of nitrogens with one attached hydrogen (secondary N) is 1. The lowest BCUT2D eigenvalue weighted by atomic mass is 10.0. The number of thiazole rings is 1. The molecule has 0 spiro atoms. The third-order valence-corrected chi connectivity index (χ3v) is 7.78. The number of aldehydes is 1. The minimum Gasteiger partial charge on any atom is -0.444 e. The van der Waals surface area contributed by atoms with E-state index in [1.165, 1.54) is 11.8 Å². The maximum absolute atomic E-state index is 14.0. The quantitative estimate of drug-likeness (QED) is 0.168. The second-order valence-electron chi connectivity index (χ2n) is 9.91. The summed E-state index contributed by atoms with van der Waals surface area (Å²) >= 11 is 2.55. The van der Waals surface area contributed by atoms with Gasteiger partial charge in [0.05, 0.1) is 15.7 Å². The third-order valence-electron chi connectivity index (χ3n) is 5.59. The number of carbonyl (C=O) groups is 2. The van der Waals surface area contributed by atoms with E-state index in [1.807, 2.05) is 48.5 Å². The molecule has 3 aromatic carbocycles. The van der Waals surface area contributed by atoms with Crippen LogP contribution in [0, 0.1) is 17.5 Å². The molecule has 0 aliphatic heterocycles. The van der Waals surface area contributed by atoms with Crippen LogP contribution < -0.4 is 5.32 Å². The number of alkyl carbamates (subject to hydrolysis) is 1. The topological polar surface area (TPSA) is 68.3 Å². The Bertz CT molecular complexity index is 1470. The third kappa shape index (κ3) is 7.60. The van der Waals surface area contributed by atoms with E-state index >= 15 is 0 Å². The SMILES string of the molecule is CC(C)(C)OC(=O)NC(C=O)CSCc1ccc(-c2ccc(Cc3nc4c(F)c(F)cc(F)c4s3)cc2)cc1. The van der Waals surface area contributed by atoms with Gasteiger partial charge in [0.2, 0.25) is 0 Å². The van der Waals surface area contributed by atoms with E-state index in [1.54, 1.807) is 20.8 Å². The van der Waals surface area contributed by atoms with Crippen LogP contribution in [0.2, 0.25) is 0 Å². The van der Waals surface area contributed by atoms with Crippen LogP contribution in [0.15, 0.2) is 54.6 Å². The van der Waals surface area contributed by atoms with Crippen molar-refractivity contribution in [2.45, 2.75) is 44.6 Å². The number of halogens is 3. The number of benzene rings is 3. The van der Waals surface area contributed by atoms with Crippen LogP contribution in [0.5, 0.6) is 0 Å². The molecule has 1 atom stereocenters. The van der Waals surface area contributed by atoms with Crippen molar-refractivity contribution in [1.29, 1.82) is 0 Å². The molecule has 1 amide bonds. The molecular weight excluding hydrogens is 545 g/mol. The van der Waals surface area contributed by atoms with E-state index in [4.69, 9.17) is 4.74 Å². The minimum absolute atomic E-state index is 0.0137. The summed E-state index contributed by atoms with van der Waals surface area (Å²) in [5.41, 5.74) is 3.11. The fraction of sp³-hybridized carbons (Fsp3) is 0.276. The molecule has 39 heavy (non-hydrogen) atoms. The van der Waals surface area contributed by atoms with Crippen LogP contribution in [-0.4, -0.2) is 34.8 Å². The molecule has 204 valence electrons. The molecule has 0 fully saturated rings. The lowest BCUT2D eigenvalue weighted by molar-refractivity contribution is -0.109. The van der Waals surface area contributed by atoms with Crippen LogP contribution >= 0.6 is 23.1 Å². The first-order valence-electron chi connectivity index (χ1n) is 12.2. The van der Waals surface area contributed by atoms with Crippen LogP contribution in [0.1, 0.15) is 36.9 Å². The summed E-state index contributed by atoms with van der Waals surface area (Å²) in [7, 11) is 0. The summed E-state index contributed by atoms with van der Waals surface area (Å²) in [5, 5.41) is 3.07. The first kappa shape index (κ1) is 28.6. The zero-order valence-electron chi connectivity index (χ0n) is 21.6. The van der Waals surface area contributed by atoms with Gasteiger partial charge < -0.3 is 14.8 Å². The number of fused-ring (bicyclic) bond motifs is 1. The highest BCUT2D eigenvalue weighted by Crippen LogP contribution is 2.30. The van der Waals surface area contributed by atoms with Crippen LogP contribution in [0.3, 0.4) is 0 Å². The number of rotatable bonds is 9. The largest absolute Gasteiger partial charge is 0.444 e. The molecule has 0 saturated carbocycles. The number of ether oxygens (including phenoxy) is 1. The zero-order chi connectivity index (χ0) is 28.2. The second kappa shape index (κ2) is 12.2. The smallest absolute Gasteiger partial charge is 0.408 e. The first-order chi connectivity index (χ1) is 18.5. The van der Waals surface area contributed by atoms with Crippen molar-refractivity contribution in [3.8, 4) is 11.1 Å². The first-order valence-corrected chi connectivity index (χ1v) is 14.1. The summed E-state index contributed by atoms with van der Waals surface area (Å²) in [5.74, 6) is -2.09. The van der Waals surface area contributed by atoms with Gasteiger partial charge in [-0.25, -0.2) is 22.9 Å². The molecule has 0 saturated heterocycles. The predicted molar refractivity (Wildman–Crippen MR) is 150 cm³/mol. The van der Waals surface area contributed by atoms with Gasteiger partial charge in [-0.2, -0.15) is 11.8 Å². The van der Waals surface area contributed by atoms with Crippen molar-refractivity contribution in [3.05, 3.63) is 88.2 Å². The van der Waals surface area contributed by atoms with E-state index in [2.05, 4.69) is 10.3 Å². The summed E-state index contributed by atoms with van der Waals surface area (Å²) < 4.78 is 46.7. The highest BCUT2D eigenvalue weighted by atomic mass is 32.2. The number of hydrogen-bond acceptors (Lipinski definition) is 6. The maximum Gasteiger partial charge on any atom is 0.408 e. The van der Waals surface area contributed by atoms with Gasteiger partial charge in [0, 0.05) is 24.0 Å². The van der Waals surface area contributed by atoms with Crippen molar-refractivity contribution in [3.63, 3.8) is 0 Å². The highest BCUT2D eigenvalue weighted by molar-refractivity contribution is 7.98. The summed E-state index contributed by atoms with van der Waals surface area (Å²) in [6.07, 6.45) is 0.464. The molecule has 4 aromatic rings. The Morgan fingerprint density at radius 1 is 1.03 bits per heavy atom. The van der Waals surface area contributed by atoms with Crippen LogP contribution in [0.25, 0.3) is 21.3 Å². The Labute approximate surface area is 232 Å². The van der Waals surface area contributed by atoms with Crippen molar-refractivity contribution < 1.29 is 27.5 Å². The van der Waals surface area contributed by atoms with E-state index in [0.29, 0.717) is 35.3 Å². The Morgan fingerprint density at radius 2 is 1.64 bits per heavy atom. The van der Waals surface area contributed by atoms with Crippen LogP contribution in [0.4, 0.5) is 18.0 Å². The molecule has 5 nitrogen and oxygen atoms in total. The Hall–Kier alpha value is -3.37. The lowest BCUT2D eigenvalue weighted by Crippen LogP contribution is -2.41. The van der Waals surface area contributed by atoms with Gasteiger partial charge in [0.1, 0.15) is 23.2 Å². The number of carbonyl (C=O) groups excluding carboxylic acids is 2. The van der Waals surface area contributed by atoms with Crippen molar-refractivity contribution >= 4 is 45.7 Å². The number of amides is 1. The van der Waals surface area contributed by atoms with Crippen molar-refractivity contribution in [2.24, 2.45) is 0 Å². The molecular formula is C29H27F3N2O3S2. The Kier molecular flexibility index (Phi) is 8.97. The van der Waals surface area contributed by atoms with Gasteiger partial charge in [0.25, 0.3) is 0 Å². The highest BCUT2D eigenvalue weighted by Gasteiger charge is 2.20. The molecule has 0 aliphatic rings. The fourth-order valence-electron chi connectivity index (χ4n) is 3.76. The molecule has 0 radical (unpaired) electrons. The van der Waals surface area contributed by atoms with Gasteiger partial charge in [-0.1, -0.05) is 48.5 Å². The van der Waals surface area contributed by atoms with E-state index in [9.17, 15) is 22.8 Å².